The topological polar surface area (TPSA) is 121 Å². The first kappa shape index (κ1) is 30.4. The third kappa shape index (κ3) is 6.93. The lowest BCUT2D eigenvalue weighted by atomic mass is 10.0. The predicted octanol–water partition coefficient (Wildman–Crippen LogP) is 6.30. The van der Waals surface area contributed by atoms with Crippen LogP contribution in [0.4, 0.5) is 5.95 Å². The Morgan fingerprint density at radius 2 is 1.95 bits per heavy atom. The summed E-state index contributed by atoms with van der Waals surface area (Å²) >= 11 is 0. The summed E-state index contributed by atoms with van der Waals surface area (Å²) in [5.41, 5.74) is 6.63. The molecule has 0 amide bonds. The molecule has 2 atom stereocenters. The fourth-order valence-corrected chi connectivity index (χ4v) is 7.00. The minimum atomic E-state index is -3.56. The highest BCUT2D eigenvalue weighted by atomic mass is 32.2. The average molecular weight is 612 g/mol. The molecule has 0 aliphatic heterocycles. The average Bonchev–Trinajstić information content (AvgIpc) is 3.58. The number of fused-ring (bicyclic) bond motifs is 1. The van der Waals surface area contributed by atoms with Crippen LogP contribution in [0.15, 0.2) is 35.1 Å². The van der Waals surface area contributed by atoms with Gasteiger partial charge in [0.1, 0.15) is 12.5 Å². The van der Waals surface area contributed by atoms with Gasteiger partial charge in [-0.05, 0) is 63.3 Å². The molecule has 3 aromatic heterocycles. The maximum absolute atomic E-state index is 11.8. The van der Waals surface area contributed by atoms with Crippen LogP contribution in [0.25, 0.3) is 33.3 Å². The third-order valence-electron chi connectivity index (χ3n) is 7.72. The van der Waals surface area contributed by atoms with Gasteiger partial charge >= 0.3 is 0 Å². The van der Waals surface area contributed by atoms with Gasteiger partial charge in [0.2, 0.25) is 5.95 Å². The van der Waals surface area contributed by atoms with Crippen molar-refractivity contribution in [2.24, 2.45) is 0 Å². The van der Waals surface area contributed by atoms with E-state index in [0.29, 0.717) is 25.7 Å². The number of ether oxygens (including phenoxy) is 1. The van der Waals surface area contributed by atoms with E-state index in [0.717, 1.165) is 75.4 Å². The summed E-state index contributed by atoms with van der Waals surface area (Å²) in [5, 5.41) is 8.54. The fraction of sp³-hybridized carbons (Fsp3) is 0.500. The van der Waals surface area contributed by atoms with E-state index in [-0.39, 0.29) is 6.04 Å². The zero-order valence-corrected chi connectivity index (χ0v) is 27.3. The Labute approximate surface area is 249 Å². The number of rotatable bonds is 11. The van der Waals surface area contributed by atoms with E-state index in [1.54, 1.807) is 6.20 Å². The minimum absolute atomic E-state index is 0.186. The van der Waals surface area contributed by atoms with E-state index in [2.05, 4.69) is 64.1 Å². The van der Waals surface area contributed by atoms with Crippen LogP contribution >= 0.6 is 0 Å². The van der Waals surface area contributed by atoms with Gasteiger partial charge in [0.15, 0.2) is 0 Å². The summed E-state index contributed by atoms with van der Waals surface area (Å²) in [6, 6.07) is 7.28. The number of hydrogen-bond donors (Lipinski definition) is 1. The smallest absolute Gasteiger partial charge is 0.264 e. The van der Waals surface area contributed by atoms with Crippen molar-refractivity contribution in [1.29, 1.82) is 0 Å². The summed E-state index contributed by atoms with van der Waals surface area (Å²) in [5.74, 6) is 1.23. The Kier molecular flexibility index (Phi) is 8.62. The molecule has 226 valence electrons. The lowest BCUT2D eigenvalue weighted by Gasteiger charge is -2.20. The Morgan fingerprint density at radius 3 is 2.64 bits per heavy atom. The highest BCUT2D eigenvalue weighted by Gasteiger charge is 2.31. The molecule has 1 saturated carbocycles. The van der Waals surface area contributed by atoms with E-state index in [1.165, 1.54) is 0 Å². The largest absolute Gasteiger partial charge is 0.361 e. The van der Waals surface area contributed by atoms with Crippen LogP contribution < -0.4 is 5.32 Å². The highest BCUT2D eigenvalue weighted by Crippen LogP contribution is 2.36. The summed E-state index contributed by atoms with van der Waals surface area (Å²) in [7, 11) is -4.78. The zero-order valence-electron chi connectivity index (χ0n) is 25.5. The molecule has 0 unspecified atom stereocenters. The van der Waals surface area contributed by atoms with E-state index >= 15 is 0 Å². The molecule has 10 nitrogen and oxygen atoms in total. The SMILES string of the molecule is Cc1cnc(N[C@H]2CCC[C@H]2OS(C)(=O)=O)nc1-c1cn(COCC[Si](C)(C)C)c2cc(-c3c(C)noc3C)ccc12. The first-order valence-electron chi connectivity index (χ1n) is 14.4. The van der Waals surface area contributed by atoms with E-state index < -0.39 is 24.3 Å². The van der Waals surface area contributed by atoms with Gasteiger partial charge in [-0.15, -0.1) is 0 Å². The molecule has 5 rings (SSSR count). The Bertz CT molecular complexity index is 1670. The summed E-state index contributed by atoms with van der Waals surface area (Å²) in [6.07, 6.45) is 6.87. The van der Waals surface area contributed by atoms with Crippen molar-refractivity contribution in [3.8, 4) is 22.4 Å². The van der Waals surface area contributed by atoms with Crippen LogP contribution in [0, 0.1) is 20.8 Å². The first-order valence-corrected chi connectivity index (χ1v) is 19.9. The number of benzene rings is 1. The van der Waals surface area contributed by atoms with Gasteiger partial charge in [-0.2, -0.15) is 8.42 Å². The Hall–Kier alpha value is -3.06. The lowest BCUT2D eigenvalue weighted by molar-refractivity contribution is 0.0903. The molecule has 12 heteroatoms. The molecule has 1 aliphatic carbocycles. The predicted molar refractivity (Wildman–Crippen MR) is 168 cm³/mol. The molecule has 42 heavy (non-hydrogen) atoms. The second-order valence-corrected chi connectivity index (χ2v) is 19.8. The van der Waals surface area contributed by atoms with Crippen molar-refractivity contribution in [3.63, 3.8) is 0 Å². The van der Waals surface area contributed by atoms with Gasteiger partial charge in [-0.1, -0.05) is 36.9 Å². The highest BCUT2D eigenvalue weighted by molar-refractivity contribution is 7.86. The molecule has 0 bridgehead atoms. The normalized spacial score (nSPS) is 17.8. The van der Waals surface area contributed by atoms with Crippen molar-refractivity contribution >= 4 is 35.0 Å². The maximum Gasteiger partial charge on any atom is 0.264 e. The molecule has 0 spiro atoms. The summed E-state index contributed by atoms with van der Waals surface area (Å²) in [4.78, 5) is 9.45. The molecule has 1 aromatic carbocycles. The first-order chi connectivity index (χ1) is 19.8. The van der Waals surface area contributed by atoms with Gasteiger partial charge in [-0.3, -0.25) is 4.18 Å². The number of nitrogens with zero attached hydrogens (tertiary/aromatic N) is 4. The molecule has 1 fully saturated rings. The molecule has 3 heterocycles. The Morgan fingerprint density at radius 1 is 1.17 bits per heavy atom. The van der Waals surface area contributed by atoms with Crippen LogP contribution in [0.5, 0.6) is 0 Å². The van der Waals surface area contributed by atoms with Crippen LogP contribution in [0.3, 0.4) is 0 Å². The molecule has 4 aromatic rings. The molecule has 1 N–H and O–H groups in total. The van der Waals surface area contributed by atoms with Gasteiger partial charge in [0.05, 0.1) is 35.3 Å². The van der Waals surface area contributed by atoms with Crippen LogP contribution in [0.2, 0.25) is 25.7 Å². The number of nitrogens with one attached hydrogen (secondary N) is 1. The zero-order chi connectivity index (χ0) is 30.2. The maximum atomic E-state index is 11.8. The van der Waals surface area contributed by atoms with Crippen molar-refractivity contribution in [1.82, 2.24) is 19.7 Å². The van der Waals surface area contributed by atoms with Crippen LogP contribution in [-0.4, -0.2) is 61.2 Å². The van der Waals surface area contributed by atoms with E-state index in [1.807, 2.05) is 20.8 Å². The third-order valence-corrected chi connectivity index (χ3v) is 10.0. The van der Waals surface area contributed by atoms with E-state index in [9.17, 15) is 8.42 Å². The summed E-state index contributed by atoms with van der Waals surface area (Å²) in [6.45, 7) is 14.1. The molecular formula is C30H41N5O5SSi. The van der Waals surface area contributed by atoms with Gasteiger partial charge < -0.3 is 19.1 Å². The number of aryl methyl sites for hydroxylation is 3. The second-order valence-electron chi connectivity index (χ2n) is 12.5. The summed E-state index contributed by atoms with van der Waals surface area (Å²) < 4.78 is 42.7. The lowest BCUT2D eigenvalue weighted by Crippen LogP contribution is -2.33. The number of aromatic nitrogens is 4. The fourth-order valence-electron chi connectivity index (χ4n) is 5.56. The molecule has 0 radical (unpaired) electrons. The molecule has 0 saturated heterocycles. The quantitative estimate of drug-likeness (QED) is 0.118. The van der Waals surface area contributed by atoms with Gasteiger partial charge in [0, 0.05) is 43.6 Å². The van der Waals surface area contributed by atoms with E-state index in [4.69, 9.17) is 18.4 Å². The number of anilines is 1. The minimum Gasteiger partial charge on any atom is -0.361 e. The van der Waals surface area contributed by atoms with Crippen LogP contribution in [0.1, 0.15) is 36.3 Å². The van der Waals surface area contributed by atoms with Crippen LogP contribution in [-0.2, 0) is 25.8 Å². The number of hydrogen-bond acceptors (Lipinski definition) is 9. The molecule has 1 aliphatic rings. The van der Waals surface area contributed by atoms with Gasteiger partial charge in [0.25, 0.3) is 10.1 Å². The standard InChI is InChI=1S/C30H41N5O5SSi/c1-19-16-31-30(32-25-9-8-10-27(25)40-41(4,36)37)33-29(19)24-17-35(18-38-13-14-42(5,6)7)26-15-22(11-12-23(24)26)28-20(2)34-39-21(28)3/h11-12,15-17,25,27H,8-10,13-14,18H2,1-7H3,(H,31,32,33)/t25-,27+/m0/s1. The second kappa shape index (κ2) is 11.9. The van der Waals surface area contributed by atoms with Crippen molar-refractivity contribution in [2.75, 3.05) is 18.2 Å². The van der Waals surface area contributed by atoms with Crippen molar-refractivity contribution < 1.29 is 21.9 Å². The van der Waals surface area contributed by atoms with Gasteiger partial charge in [-0.25, -0.2) is 9.97 Å². The molecular weight excluding hydrogens is 571 g/mol. The van der Waals surface area contributed by atoms with Crippen molar-refractivity contribution in [2.45, 2.75) is 84.6 Å². The monoisotopic (exact) mass is 611 g/mol. The van der Waals surface area contributed by atoms with Crippen molar-refractivity contribution in [3.05, 3.63) is 47.6 Å². The Balaban J connectivity index is 1.51.